The summed E-state index contributed by atoms with van der Waals surface area (Å²) in [4.78, 5) is 12.2. The lowest BCUT2D eigenvalue weighted by Gasteiger charge is -2.27. The first kappa shape index (κ1) is 14.0. The standard InChI is InChI=1S/C17H16O3/c1-3-13-8-9-15(18)14(12-13)16(19)20-17(4-2)10-6-5-7-11-17/h2-3,6,8-10,12,18H,1,5,7,11H2. The highest BCUT2D eigenvalue weighted by atomic mass is 16.6. The smallest absolute Gasteiger partial charge is 0.343 e. The van der Waals surface area contributed by atoms with Gasteiger partial charge in [-0.3, -0.25) is 0 Å². The van der Waals surface area contributed by atoms with Crippen molar-refractivity contribution in [3.05, 3.63) is 48.1 Å². The number of hydrogen-bond donors (Lipinski definition) is 1. The van der Waals surface area contributed by atoms with E-state index in [0.29, 0.717) is 6.42 Å². The van der Waals surface area contributed by atoms with Gasteiger partial charge in [0.05, 0.1) is 0 Å². The van der Waals surface area contributed by atoms with E-state index in [1.54, 1.807) is 18.2 Å². The number of carbonyl (C=O) groups excluding carboxylic acids is 1. The zero-order valence-electron chi connectivity index (χ0n) is 11.1. The summed E-state index contributed by atoms with van der Waals surface area (Å²) >= 11 is 0. The second-order valence-corrected chi connectivity index (χ2v) is 4.70. The maximum atomic E-state index is 12.2. The van der Waals surface area contributed by atoms with Crippen molar-refractivity contribution in [1.29, 1.82) is 0 Å². The van der Waals surface area contributed by atoms with E-state index < -0.39 is 11.6 Å². The third-order valence-electron chi connectivity index (χ3n) is 3.30. The predicted octanol–water partition coefficient (Wildman–Crippen LogP) is 3.30. The van der Waals surface area contributed by atoms with Gasteiger partial charge >= 0.3 is 5.97 Å². The molecule has 1 aromatic rings. The number of carbonyl (C=O) groups is 1. The Labute approximate surface area is 118 Å². The van der Waals surface area contributed by atoms with Gasteiger partial charge in [0.25, 0.3) is 0 Å². The number of aromatic hydroxyl groups is 1. The Morgan fingerprint density at radius 3 is 2.95 bits per heavy atom. The van der Waals surface area contributed by atoms with Gasteiger partial charge in [0.2, 0.25) is 0 Å². The summed E-state index contributed by atoms with van der Waals surface area (Å²) < 4.78 is 5.44. The second kappa shape index (κ2) is 5.66. The summed E-state index contributed by atoms with van der Waals surface area (Å²) in [6, 6.07) is 4.63. The van der Waals surface area contributed by atoms with Crippen molar-refractivity contribution in [2.45, 2.75) is 24.9 Å². The van der Waals surface area contributed by atoms with Crippen molar-refractivity contribution in [2.75, 3.05) is 0 Å². The average Bonchev–Trinajstić information content (AvgIpc) is 2.48. The summed E-state index contributed by atoms with van der Waals surface area (Å²) in [6.07, 6.45) is 13.1. The van der Waals surface area contributed by atoms with Gasteiger partial charge in [-0.15, -0.1) is 6.42 Å². The minimum atomic E-state index is -1.01. The number of allylic oxidation sites excluding steroid dienone is 1. The molecular formula is C17H16O3. The van der Waals surface area contributed by atoms with Gasteiger partial charge < -0.3 is 9.84 Å². The molecule has 3 nitrogen and oxygen atoms in total. The van der Waals surface area contributed by atoms with Gasteiger partial charge in [-0.05, 0) is 36.6 Å². The molecule has 3 heteroatoms. The van der Waals surface area contributed by atoms with E-state index in [2.05, 4.69) is 12.5 Å². The first-order valence-electron chi connectivity index (χ1n) is 6.44. The number of esters is 1. The summed E-state index contributed by atoms with van der Waals surface area (Å²) in [5.74, 6) is 1.77. The summed E-state index contributed by atoms with van der Waals surface area (Å²) in [5, 5.41) is 9.78. The lowest BCUT2D eigenvalue weighted by molar-refractivity contribution is 0.0191. The van der Waals surface area contributed by atoms with Gasteiger partial charge in [-0.1, -0.05) is 30.7 Å². The summed E-state index contributed by atoms with van der Waals surface area (Å²) in [5.41, 5.74) is -0.189. The number of ether oxygens (including phenoxy) is 1. The molecule has 0 saturated carbocycles. The molecule has 1 N–H and O–H groups in total. The zero-order valence-corrected chi connectivity index (χ0v) is 11.1. The Bertz CT molecular complexity index is 607. The van der Waals surface area contributed by atoms with Crippen LogP contribution in [0.25, 0.3) is 6.08 Å². The van der Waals surface area contributed by atoms with Crippen LogP contribution in [-0.4, -0.2) is 16.7 Å². The van der Waals surface area contributed by atoms with Crippen molar-refractivity contribution in [3.63, 3.8) is 0 Å². The number of phenols is 1. The molecule has 0 aliphatic heterocycles. The molecule has 0 heterocycles. The minimum absolute atomic E-state index is 0.0935. The molecule has 2 rings (SSSR count). The molecule has 1 atom stereocenters. The van der Waals surface area contributed by atoms with E-state index in [1.807, 2.05) is 6.08 Å². The van der Waals surface area contributed by atoms with Gasteiger partial charge in [-0.25, -0.2) is 4.79 Å². The van der Waals surface area contributed by atoms with Crippen LogP contribution in [-0.2, 0) is 4.74 Å². The molecule has 0 spiro atoms. The number of hydrogen-bond acceptors (Lipinski definition) is 3. The average molecular weight is 268 g/mol. The highest BCUT2D eigenvalue weighted by Gasteiger charge is 2.31. The largest absolute Gasteiger partial charge is 0.507 e. The monoisotopic (exact) mass is 268 g/mol. The van der Waals surface area contributed by atoms with E-state index in [-0.39, 0.29) is 11.3 Å². The summed E-state index contributed by atoms with van der Waals surface area (Å²) in [7, 11) is 0. The van der Waals surface area contributed by atoms with Crippen LogP contribution in [0.2, 0.25) is 0 Å². The Balaban J connectivity index is 2.28. The van der Waals surface area contributed by atoms with Crippen LogP contribution < -0.4 is 0 Å². The molecule has 0 saturated heterocycles. The highest BCUT2D eigenvalue weighted by Crippen LogP contribution is 2.28. The lowest BCUT2D eigenvalue weighted by atomic mass is 9.91. The van der Waals surface area contributed by atoms with Crippen molar-refractivity contribution < 1.29 is 14.6 Å². The van der Waals surface area contributed by atoms with Crippen LogP contribution in [0.1, 0.15) is 35.2 Å². The molecule has 1 aliphatic rings. The molecule has 0 fully saturated rings. The number of rotatable bonds is 3. The van der Waals surface area contributed by atoms with Crippen LogP contribution in [0.5, 0.6) is 5.75 Å². The molecule has 20 heavy (non-hydrogen) atoms. The summed E-state index contributed by atoms with van der Waals surface area (Å²) in [6.45, 7) is 3.63. The Kier molecular flexibility index (Phi) is 3.95. The van der Waals surface area contributed by atoms with E-state index in [1.165, 1.54) is 12.1 Å². The Morgan fingerprint density at radius 1 is 1.55 bits per heavy atom. The van der Waals surface area contributed by atoms with Crippen LogP contribution >= 0.6 is 0 Å². The van der Waals surface area contributed by atoms with Crippen molar-refractivity contribution >= 4 is 12.0 Å². The van der Waals surface area contributed by atoms with Crippen LogP contribution in [0.3, 0.4) is 0 Å². The first-order valence-corrected chi connectivity index (χ1v) is 6.44. The van der Waals surface area contributed by atoms with Crippen molar-refractivity contribution in [3.8, 4) is 18.1 Å². The fourth-order valence-electron chi connectivity index (χ4n) is 2.14. The highest BCUT2D eigenvalue weighted by molar-refractivity contribution is 5.93. The third kappa shape index (κ3) is 2.75. The number of benzene rings is 1. The minimum Gasteiger partial charge on any atom is -0.507 e. The third-order valence-corrected chi connectivity index (χ3v) is 3.30. The van der Waals surface area contributed by atoms with Gasteiger partial charge in [0.1, 0.15) is 11.3 Å². The van der Waals surface area contributed by atoms with Crippen LogP contribution in [0.4, 0.5) is 0 Å². The molecule has 0 radical (unpaired) electrons. The van der Waals surface area contributed by atoms with E-state index in [0.717, 1.165) is 18.4 Å². The Hall–Kier alpha value is -2.47. The molecule has 0 bridgehead atoms. The second-order valence-electron chi connectivity index (χ2n) is 4.70. The molecule has 0 aromatic heterocycles. The lowest BCUT2D eigenvalue weighted by Crippen LogP contribution is -2.32. The topological polar surface area (TPSA) is 46.5 Å². The Morgan fingerprint density at radius 2 is 2.35 bits per heavy atom. The quantitative estimate of drug-likeness (QED) is 0.520. The molecular weight excluding hydrogens is 252 g/mol. The van der Waals surface area contributed by atoms with Crippen molar-refractivity contribution in [1.82, 2.24) is 0 Å². The molecule has 0 amide bonds. The van der Waals surface area contributed by atoms with E-state index in [4.69, 9.17) is 11.2 Å². The predicted molar refractivity (Wildman–Crippen MR) is 78.2 cm³/mol. The molecule has 102 valence electrons. The fourth-order valence-corrected chi connectivity index (χ4v) is 2.14. The van der Waals surface area contributed by atoms with Gasteiger partial charge in [0.15, 0.2) is 5.60 Å². The fraction of sp³-hybridized carbons (Fsp3) is 0.235. The van der Waals surface area contributed by atoms with Crippen molar-refractivity contribution in [2.24, 2.45) is 0 Å². The van der Waals surface area contributed by atoms with E-state index in [9.17, 15) is 9.90 Å². The van der Waals surface area contributed by atoms with Gasteiger partial charge in [-0.2, -0.15) is 0 Å². The molecule has 1 aromatic carbocycles. The maximum absolute atomic E-state index is 12.2. The van der Waals surface area contributed by atoms with Crippen LogP contribution in [0, 0.1) is 12.3 Å². The molecule has 1 unspecified atom stereocenters. The maximum Gasteiger partial charge on any atom is 0.343 e. The first-order chi connectivity index (χ1) is 9.60. The normalized spacial score (nSPS) is 20.9. The molecule has 1 aliphatic carbocycles. The van der Waals surface area contributed by atoms with E-state index >= 15 is 0 Å². The number of phenolic OH excluding ortho intramolecular Hbond substituents is 1. The number of terminal acetylenes is 1. The van der Waals surface area contributed by atoms with Gasteiger partial charge in [0, 0.05) is 6.42 Å². The SMILES string of the molecule is C#CC1(OC(=O)c2cc(C=C)ccc2O)C=CCCC1. The van der Waals surface area contributed by atoms with Crippen LogP contribution in [0.15, 0.2) is 36.9 Å². The zero-order chi connectivity index (χ0) is 14.6.